The van der Waals surface area contributed by atoms with Crippen molar-refractivity contribution in [2.24, 2.45) is 0 Å². The van der Waals surface area contributed by atoms with Crippen LogP contribution in [0.1, 0.15) is 74.6 Å². The summed E-state index contributed by atoms with van der Waals surface area (Å²) < 4.78 is 1.78. The van der Waals surface area contributed by atoms with E-state index in [1.165, 1.54) is 43.5 Å². The van der Waals surface area contributed by atoms with Crippen LogP contribution in [0.25, 0.3) is 33.3 Å². The van der Waals surface area contributed by atoms with E-state index in [0.29, 0.717) is 35.5 Å². The number of rotatable bonds is 8. The van der Waals surface area contributed by atoms with Gasteiger partial charge < -0.3 is 10.2 Å². The summed E-state index contributed by atoms with van der Waals surface area (Å²) in [5.41, 5.74) is 9.25. The lowest BCUT2D eigenvalue weighted by Crippen LogP contribution is -2.32. The number of nitrogens with one attached hydrogen (secondary N) is 1. The summed E-state index contributed by atoms with van der Waals surface area (Å²) in [7, 11) is 0. The third kappa shape index (κ3) is 5.77. The summed E-state index contributed by atoms with van der Waals surface area (Å²) in [5.74, 6) is 1.57. The molecule has 1 aliphatic heterocycles. The Morgan fingerprint density at radius 2 is 1.64 bits per heavy atom. The lowest BCUT2D eigenvalue weighted by atomic mass is 9.76. The van der Waals surface area contributed by atoms with Crippen LogP contribution < -0.4 is 10.9 Å². The number of nitrogens with zero attached hydrogens (tertiary/aromatic N) is 5. The van der Waals surface area contributed by atoms with Crippen molar-refractivity contribution in [2.45, 2.75) is 71.3 Å². The molecule has 0 atom stereocenters. The van der Waals surface area contributed by atoms with Gasteiger partial charge in [0.1, 0.15) is 5.65 Å². The Bertz CT molecular complexity index is 1880. The number of hydrogen-bond acceptors (Lipinski definition) is 6. The number of fused-ring (bicyclic) bond motifs is 1. The van der Waals surface area contributed by atoms with Crippen LogP contribution >= 0.6 is 0 Å². The molecule has 2 aliphatic rings. The predicted octanol–water partition coefficient (Wildman–Crippen LogP) is 8.06. The Labute approximate surface area is 265 Å². The van der Waals surface area contributed by atoms with Crippen LogP contribution in [-0.4, -0.2) is 44.1 Å². The van der Waals surface area contributed by atoms with Gasteiger partial charge in [-0.1, -0.05) is 49.7 Å². The van der Waals surface area contributed by atoms with Gasteiger partial charge in [-0.15, -0.1) is 0 Å². The van der Waals surface area contributed by atoms with Crippen LogP contribution in [0.15, 0.2) is 77.9 Å². The van der Waals surface area contributed by atoms with E-state index in [0.717, 1.165) is 52.8 Å². The topological polar surface area (TPSA) is 75.9 Å². The zero-order chi connectivity index (χ0) is 30.9. The van der Waals surface area contributed by atoms with Crippen molar-refractivity contribution >= 4 is 22.7 Å². The third-order valence-corrected chi connectivity index (χ3v) is 10.0. The van der Waals surface area contributed by atoms with Gasteiger partial charge >= 0.3 is 0 Å². The van der Waals surface area contributed by atoms with Gasteiger partial charge in [0.15, 0.2) is 0 Å². The maximum Gasteiger partial charge on any atom is 0.260 e. The normalized spacial score (nSPS) is 16.2. The number of pyridine rings is 2. The lowest BCUT2D eigenvalue weighted by Gasteiger charge is -2.31. The minimum absolute atomic E-state index is 0.0148. The molecule has 1 aliphatic carbocycles. The fourth-order valence-electron chi connectivity index (χ4n) is 7.08. The number of benzene rings is 2. The van der Waals surface area contributed by atoms with Crippen LogP contribution in [0.5, 0.6) is 0 Å². The Kier molecular flexibility index (Phi) is 8.19. The number of hydrogen-bond donors (Lipinski definition) is 1. The van der Waals surface area contributed by atoms with Crippen molar-refractivity contribution in [2.75, 3.05) is 25.0 Å². The number of likely N-dealkylation sites (tertiary alicyclic amines) is 1. The molecule has 1 saturated heterocycles. The molecule has 7 rings (SSSR count). The Hall–Kier alpha value is -4.36. The first-order valence-corrected chi connectivity index (χ1v) is 16.6. The molecule has 1 saturated carbocycles. The van der Waals surface area contributed by atoms with Crippen molar-refractivity contribution in [3.63, 3.8) is 0 Å². The summed E-state index contributed by atoms with van der Waals surface area (Å²) in [5, 5.41) is 4.23. The standard InChI is InChI=1S/C38H42N6O/c1-4-43-20-17-27(18-21-43)26-11-14-31(15-12-26)41-38-40-24-30-23-35(37(45)44(5-2)36(30)42-38)33-16-13-29(22-34(33)28-8-6-9-28)32-10-7-19-39-25(32)3/h7,10-16,19,22-24,27-28H,4-6,8-9,17-18,20-21H2,1-3H3,(H,40,41,42). The highest BCUT2D eigenvalue weighted by atomic mass is 16.1. The molecule has 4 heterocycles. The average molecular weight is 599 g/mol. The fraction of sp³-hybridized carbons (Fsp3) is 0.368. The Balaban J connectivity index is 1.19. The molecule has 5 aromatic rings. The van der Waals surface area contributed by atoms with Gasteiger partial charge in [0, 0.05) is 46.8 Å². The predicted molar refractivity (Wildman–Crippen MR) is 183 cm³/mol. The molecule has 7 nitrogen and oxygen atoms in total. The van der Waals surface area contributed by atoms with Crippen molar-refractivity contribution in [3.05, 3.63) is 100 Å². The van der Waals surface area contributed by atoms with E-state index < -0.39 is 0 Å². The molecule has 0 amide bonds. The average Bonchev–Trinajstić information content (AvgIpc) is 3.05. The molecule has 0 spiro atoms. The molecular weight excluding hydrogens is 556 g/mol. The monoisotopic (exact) mass is 598 g/mol. The Morgan fingerprint density at radius 3 is 2.33 bits per heavy atom. The van der Waals surface area contributed by atoms with E-state index in [4.69, 9.17) is 4.98 Å². The van der Waals surface area contributed by atoms with Gasteiger partial charge in [-0.25, -0.2) is 4.98 Å². The minimum Gasteiger partial charge on any atom is -0.324 e. The molecule has 2 fully saturated rings. The molecule has 0 radical (unpaired) electrons. The third-order valence-electron chi connectivity index (χ3n) is 10.0. The zero-order valence-electron chi connectivity index (χ0n) is 26.6. The summed E-state index contributed by atoms with van der Waals surface area (Å²) in [4.78, 5) is 30.6. The maximum atomic E-state index is 14.1. The first kappa shape index (κ1) is 29.4. The second kappa shape index (κ2) is 12.6. The van der Waals surface area contributed by atoms with Crippen molar-refractivity contribution in [1.82, 2.24) is 24.4 Å². The number of anilines is 2. The largest absolute Gasteiger partial charge is 0.324 e. The molecule has 2 aromatic carbocycles. The van der Waals surface area contributed by atoms with Crippen LogP contribution in [0.3, 0.4) is 0 Å². The SMILES string of the molecule is CCN1CCC(c2ccc(Nc3ncc4cc(-c5ccc(-c6cccnc6C)cc5C5CCC5)c(=O)n(CC)c4n3)cc2)CC1. The molecule has 1 N–H and O–H groups in total. The summed E-state index contributed by atoms with van der Waals surface area (Å²) in [6, 6.07) is 21.3. The van der Waals surface area contributed by atoms with E-state index in [1.54, 1.807) is 4.57 Å². The van der Waals surface area contributed by atoms with Gasteiger partial charge in [-0.3, -0.25) is 14.3 Å². The maximum absolute atomic E-state index is 14.1. The number of piperidine rings is 1. The van der Waals surface area contributed by atoms with E-state index in [2.05, 4.69) is 75.6 Å². The van der Waals surface area contributed by atoms with Gasteiger partial charge in [-0.2, -0.15) is 4.98 Å². The lowest BCUT2D eigenvalue weighted by molar-refractivity contribution is 0.222. The van der Waals surface area contributed by atoms with Crippen molar-refractivity contribution in [3.8, 4) is 22.3 Å². The highest BCUT2D eigenvalue weighted by Gasteiger charge is 2.25. The first-order valence-electron chi connectivity index (χ1n) is 16.6. The van der Waals surface area contributed by atoms with Gasteiger partial charge in [0.25, 0.3) is 5.56 Å². The fourth-order valence-corrected chi connectivity index (χ4v) is 7.08. The minimum atomic E-state index is -0.0148. The van der Waals surface area contributed by atoms with Gasteiger partial charge in [0.2, 0.25) is 5.95 Å². The van der Waals surface area contributed by atoms with Crippen LogP contribution in [0.4, 0.5) is 11.6 Å². The van der Waals surface area contributed by atoms with Crippen LogP contribution in [-0.2, 0) is 6.54 Å². The zero-order valence-corrected chi connectivity index (χ0v) is 26.6. The highest BCUT2D eigenvalue weighted by molar-refractivity contribution is 5.84. The molecule has 3 aromatic heterocycles. The summed E-state index contributed by atoms with van der Waals surface area (Å²) in [6.07, 6.45) is 9.61. The molecule has 230 valence electrons. The van der Waals surface area contributed by atoms with E-state index in [-0.39, 0.29) is 5.56 Å². The first-order chi connectivity index (χ1) is 22.0. The Morgan fingerprint density at radius 1 is 0.844 bits per heavy atom. The van der Waals surface area contributed by atoms with Crippen LogP contribution in [0.2, 0.25) is 0 Å². The summed E-state index contributed by atoms with van der Waals surface area (Å²) in [6.45, 7) is 10.3. The van der Waals surface area contributed by atoms with Crippen molar-refractivity contribution in [1.29, 1.82) is 0 Å². The second-order valence-electron chi connectivity index (χ2n) is 12.6. The number of aromatic nitrogens is 4. The smallest absolute Gasteiger partial charge is 0.260 e. The quantitative estimate of drug-likeness (QED) is 0.195. The number of aryl methyl sites for hydroxylation is 2. The van der Waals surface area contributed by atoms with Crippen LogP contribution in [0, 0.1) is 6.92 Å². The molecular formula is C38H42N6O. The molecule has 0 bridgehead atoms. The van der Waals surface area contributed by atoms with Gasteiger partial charge in [-0.05, 0) is 118 Å². The van der Waals surface area contributed by atoms with Gasteiger partial charge in [0.05, 0.1) is 0 Å². The van der Waals surface area contributed by atoms with Crippen molar-refractivity contribution < 1.29 is 0 Å². The molecule has 0 unspecified atom stereocenters. The highest BCUT2D eigenvalue weighted by Crippen LogP contribution is 2.43. The van der Waals surface area contributed by atoms with E-state index in [1.807, 2.05) is 38.4 Å². The van der Waals surface area contributed by atoms with E-state index >= 15 is 0 Å². The molecule has 7 heteroatoms. The van der Waals surface area contributed by atoms with E-state index in [9.17, 15) is 4.79 Å². The molecule has 45 heavy (non-hydrogen) atoms. The summed E-state index contributed by atoms with van der Waals surface area (Å²) >= 11 is 0. The second-order valence-corrected chi connectivity index (χ2v) is 12.6.